The van der Waals surface area contributed by atoms with Crippen LogP contribution in [0.4, 0.5) is 0 Å². The molecule has 0 N–H and O–H groups in total. The van der Waals surface area contributed by atoms with Crippen molar-refractivity contribution in [2.75, 3.05) is 0 Å². The molecule has 2 aromatic carbocycles. The highest BCUT2D eigenvalue weighted by Crippen LogP contribution is 2.53. The Morgan fingerprint density at radius 1 is 0.840 bits per heavy atom. The highest BCUT2D eigenvalue weighted by atomic mass is 35.5. The fraction of sp³-hybridized carbons (Fsp3) is 0.409. The number of aliphatic imine (C=N–C) groups is 1. The lowest BCUT2D eigenvalue weighted by Gasteiger charge is -2.28. The molecule has 2 heterocycles. The molecule has 5 rings (SSSR count). The van der Waals surface area contributed by atoms with Crippen LogP contribution in [-0.4, -0.2) is 22.8 Å². The summed E-state index contributed by atoms with van der Waals surface area (Å²) >= 11 is 6.09. The molecule has 2 aromatic rings. The maximum atomic E-state index is 6.09. The van der Waals surface area contributed by atoms with Gasteiger partial charge in [0.05, 0.1) is 17.8 Å². The fourth-order valence-electron chi connectivity index (χ4n) is 4.80. The second-order valence-electron chi connectivity index (χ2n) is 7.58. The number of hydrogen-bond donors (Lipinski definition) is 0. The summed E-state index contributed by atoms with van der Waals surface area (Å²) in [4.78, 5) is 7.87. The van der Waals surface area contributed by atoms with Crippen molar-refractivity contribution in [3.05, 3.63) is 70.7 Å². The Bertz CT molecular complexity index is 777. The zero-order valence-corrected chi connectivity index (χ0v) is 15.1. The summed E-state index contributed by atoms with van der Waals surface area (Å²) < 4.78 is 0. The first-order chi connectivity index (χ1) is 12.3. The van der Waals surface area contributed by atoms with Crippen LogP contribution >= 0.6 is 11.6 Å². The molecule has 1 saturated carbocycles. The predicted molar refractivity (Wildman–Crippen MR) is 103 cm³/mol. The molecule has 4 atom stereocenters. The Balaban J connectivity index is 1.50. The summed E-state index contributed by atoms with van der Waals surface area (Å²) in [5.74, 6) is 0.717. The van der Waals surface area contributed by atoms with Crippen LogP contribution < -0.4 is 0 Å². The van der Waals surface area contributed by atoms with Crippen molar-refractivity contribution in [3.8, 4) is 0 Å². The number of halogens is 1. The second kappa shape index (κ2) is 6.26. The molecule has 25 heavy (non-hydrogen) atoms. The zero-order chi connectivity index (χ0) is 16.8. The van der Waals surface area contributed by atoms with Crippen LogP contribution in [-0.2, 0) is 0 Å². The SMILES string of the molecule is Clc1ccc(C2=N[C@@H](C3CCCCC3)N3[C@H]2[C@@H]3c2ccccc2)cc1. The number of benzene rings is 2. The van der Waals surface area contributed by atoms with Gasteiger partial charge in [-0.3, -0.25) is 9.89 Å². The van der Waals surface area contributed by atoms with E-state index >= 15 is 0 Å². The van der Waals surface area contributed by atoms with Crippen LogP contribution in [0.1, 0.15) is 49.3 Å². The standard InChI is InChI=1S/C22H23ClN2/c23-18-13-11-15(12-14-18)19-21-20(16-7-3-1-4-8-16)25(21)22(24-19)17-9-5-2-6-10-17/h1,3-4,7-8,11-14,17,20-22H,2,5-6,9-10H2/t20-,21+,22+,25?/m0/s1. The molecule has 2 fully saturated rings. The zero-order valence-electron chi connectivity index (χ0n) is 14.3. The van der Waals surface area contributed by atoms with E-state index in [1.807, 2.05) is 12.1 Å². The Labute approximate surface area is 154 Å². The van der Waals surface area contributed by atoms with E-state index in [0.29, 0.717) is 18.2 Å². The molecular formula is C22H23ClN2. The molecule has 2 aliphatic heterocycles. The second-order valence-corrected chi connectivity index (χ2v) is 8.02. The maximum absolute atomic E-state index is 6.09. The molecule has 2 nitrogen and oxygen atoms in total. The quantitative estimate of drug-likeness (QED) is 0.669. The number of fused-ring (bicyclic) bond motifs is 1. The van der Waals surface area contributed by atoms with Gasteiger partial charge in [-0.2, -0.15) is 0 Å². The Morgan fingerprint density at radius 3 is 2.28 bits per heavy atom. The van der Waals surface area contributed by atoms with E-state index in [0.717, 1.165) is 10.9 Å². The summed E-state index contributed by atoms with van der Waals surface area (Å²) in [7, 11) is 0. The molecule has 0 bridgehead atoms. The highest BCUT2D eigenvalue weighted by Gasteiger charge is 2.60. The summed E-state index contributed by atoms with van der Waals surface area (Å²) in [5, 5.41) is 0.790. The molecule has 1 aliphatic carbocycles. The third-order valence-corrected chi connectivity index (χ3v) is 6.31. The minimum atomic E-state index is 0.362. The normalized spacial score (nSPS) is 31.5. The van der Waals surface area contributed by atoms with Gasteiger partial charge >= 0.3 is 0 Å². The smallest absolute Gasteiger partial charge is 0.106 e. The van der Waals surface area contributed by atoms with Gasteiger partial charge < -0.3 is 0 Å². The van der Waals surface area contributed by atoms with Gasteiger partial charge in [0, 0.05) is 5.02 Å². The van der Waals surface area contributed by atoms with Gasteiger partial charge in [0.2, 0.25) is 0 Å². The lowest BCUT2D eigenvalue weighted by Crippen LogP contribution is -2.27. The van der Waals surface area contributed by atoms with Crippen LogP contribution in [0.25, 0.3) is 0 Å². The highest BCUT2D eigenvalue weighted by molar-refractivity contribution is 6.30. The van der Waals surface area contributed by atoms with E-state index in [9.17, 15) is 0 Å². The molecule has 0 aromatic heterocycles. The van der Waals surface area contributed by atoms with Crippen molar-refractivity contribution < 1.29 is 0 Å². The van der Waals surface area contributed by atoms with Crippen LogP contribution in [0.3, 0.4) is 0 Å². The van der Waals surface area contributed by atoms with E-state index < -0.39 is 0 Å². The molecule has 3 aliphatic rings. The third kappa shape index (κ3) is 2.72. The van der Waals surface area contributed by atoms with Gasteiger partial charge in [-0.15, -0.1) is 0 Å². The first-order valence-corrected chi connectivity index (χ1v) is 9.87. The summed E-state index contributed by atoms with van der Waals surface area (Å²) in [5.41, 5.74) is 3.92. The average Bonchev–Trinajstić information content (AvgIpc) is 3.28. The first-order valence-electron chi connectivity index (χ1n) is 9.49. The molecule has 0 radical (unpaired) electrons. The minimum absolute atomic E-state index is 0.362. The lowest BCUT2D eigenvalue weighted by molar-refractivity contribution is 0.219. The molecule has 1 saturated heterocycles. The van der Waals surface area contributed by atoms with E-state index in [2.05, 4.69) is 47.4 Å². The average molecular weight is 351 g/mol. The van der Waals surface area contributed by atoms with Crippen LogP contribution in [0.2, 0.25) is 5.02 Å². The first kappa shape index (κ1) is 15.6. The lowest BCUT2D eigenvalue weighted by atomic mass is 9.87. The van der Waals surface area contributed by atoms with Crippen molar-refractivity contribution in [1.29, 1.82) is 0 Å². The van der Waals surface area contributed by atoms with Crippen molar-refractivity contribution in [1.82, 2.24) is 4.90 Å². The molecule has 1 unspecified atom stereocenters. The Kier molecular flexibility index (Phi) is 3.91. The van der Waals surface area contributed by atoms with Gasteiger partial charge in [-0.05, 0) is 42.0 Å². The van der Waals surface area contributed by atoms with Crippen LogP contribution in [0.15, 0.2) is 59.6 Å². The van der Waals surface area contributed by atoms with Gasteiger partial charge in [-0.25, -0.2) is 0 Å². The van der Waals surface area contributed by atoms with Crippen LogP contribution in [0, 0.1) is 5.92 Å². The monoisotopic (exact) mass is 350 g/mol. The summed E-state index contributed by atoms with van der Waals surface area (Å²) in [6.45, 7) is 0. The number of nitrogens with zero attached hydrogens (tertiary/aromatic N) is 2. The van der Waals surface area contributed by atoms with E-state index in [4.69, 9.17) is 16.6 Å². The van der Waals surface area contributed by atoms with Gasteiger partial charge in [-0.1, -0.05) is 73.3 Å². The topological polar surface area (TPSA) is 15.4 Å². The van der Waals surface area contributed by atoms with Crippen molar-refractivity contribution >= 4 is 17.3 Å². The van der Waals surface area contributed by atoms with Crippen molar-refractivity contribution in [3.63, 3.8) is 0 Å². The molecule has 128 valence electrons. The molecule has 0 amide bonds. The van der Waals surface area contributed by atoms with Gasteiger partial charge in [0.1, 0.15) is 6.17 Å². The van der Waals surface area contributed by atoms with Crippen molar-refractivity contribution in [2.24, 2.45) is 10.9 Å². The van der Waals surface area contributed by atoms with Gasteiger partial charge in [0.15, 0.2) is 0 Å². The number of hydrogen-bond acceptors (Lipinski definition) is 2. The minimum Gasteiger partial charge on any atom is -0.268 e. The van der Waals surface area contributed by atoms with E-state index in [-0.39, 0.29) is 0 Å². The maximum Gasteiger partial charge on any atom is 0.106 e. The largest absolute Gasteiger partial charge is 0.268 e. The van der Waals surface area contributed by atoms with Crippen LogP contribution in [0.5, 0.6) is 0 Å². The van der Waals surface area contributed by atoms with Crippen molar-refractivity contribution in [2.45, 2.75) is 50.4 Å². The predicted octanol–water partition coefficient (Wildman–Crippen LogP) is 5.47. The Morgan fingerprint density at radius 2 is 1.56 bits per heavy atom. The number of rotatable bonds is 3. The third-order valence-electron chi connectivity index (χ3n) is 6.06. The Hall–Kier alpha value is -1.64. The van der Waals surface area contributed by atoms with E-state index in [1.54, 1.807) is 0 Å². The molecular weight excluding hydrogens is 328 g/mol. The summed E-state index contributed by atoms with van der Waals surface area (Å²) in [6, 6.07) is 20.1. The fourth-order valence-corrected chi connectivity index (χ4v) is 4.93. The molecule has 0 spiro atoms. The summed E-state index contributed by atoms with van der Waals surface area (Å²) in [6.07, 6.45) is 7.13. The molecule has 3 heteroatoms. The van der Waals surface area contributed by atoms with E-state index in [1.165, 1.54) is 48.9 Å². The van der Waals surface area contributed by atoms with Gasteiger partial charge in [0.25, 0.3) is 0 Å².